The second kappa shape index (κ2) is 5.42. The van der Waals surface area contributed by atoms with Gasteiger partial charge in [-0.3, -0.25) is 0 Å². The second-order valence-electron chi connectivity index (χ2n) is 2.90. The fraction of sp³-hybridized carbons (Fsp3) is 0.625. The topological polar surface area (TPSA) is 34.1 Å². The SMILES string of the molecule is Cl.c1csc(OCC2CCCN2)n1. The zero-order valence-electron chi connectivity index (χ0n) is 7.23. The summed E-state index contributed by atoms with van der Waals surface area (Å²) >= 11 is 1.55. The fourth-order valence-electron chi connectivity index (χ4n) is 1.35. The van der Waals surface area contributed by atoms with E-state index >= 15 is 0 Å². The van der Waals surface area contributed by atoms with E-state index in [0.29, 0.717) is 6.04 Å². The molecule has 2 rings (SSSR count). The third-order valence-corrected chi connectivity index (χ3v) is 2.66. The van der Waals surface area contributed by atoms with Gasteiger partial charge in [-0.25, -0.2) is 4.98 Å². The number of nitrogens with zero attached hydrogens (tertiary/aromatic N) is 1. The largest absolute Gasteiger partial charge is 0.468 e. The molecule has 5 heteroatoms. The van der Waals surface area contributed by atoms with Crippen molar-refractivity contribution in [3.8, 4) is 5.19 Å². The van der Waals surface area contributed by atoms with E-state index in [4.69, 9.17) is 4.74 Å². The highest BCUT2D eigenvalue weighted by Crippen LogP contribution is 2.14. The van der Waals surface area contributed by atoms with Crippen LogP contribution in [0.4, 0.5) is 0 Å². The molecular formula is C8H13ClN2OS. The summed E-state index contributed by atoms with van der Waals surface area (Å²) in [5, 5.41) is 6.08. The molecule has 0 saturated carbocycles. The number of rotatable bonds is 3. The number of hydrogen-bond donors (Lipinski definition) is 1. The van der Waals surface area contributed by atoms with Crippen LogP contribution in [0.5, 0.6) is 5.19 Å². The molecule has 0 amide bonds. The van der Waals surface area contributed by atoms with Gasteiger partial charge in [-0.1, -0.05) is 11.3 Å². The molecule has 1 fully saturated rings. The Labute approximate surface area is 87.9 Å². The lowest BCUT2D eigenvalue weighted by molar-refractivity contribution is 0.276. The third-order valence-electron chi connectivity index (χ3n) is 1.98. The summed E-state index contributed by atoms with van der Waals surface area (Å²) in [6.45, 7) is 1.89. The van der Waals surface area contributed by atoms with Gasteiger partial charge in [-0.2, -0.15) is 0 Å². The third kappa shape index (κ3) is 3.14. The van der Waals surface area contributed by atoms with Gasteiger partial charge in [0.05, 0.1) is 0 Å². The Morgan fingerprint density at radius 1 is 1.69 bits per heavy atom. The first kappa shape index (κ1) is 10.8. The minimum absolute atomic E-state index is 0. The lowest BCUT2D eigenvalue weighted by Crippen LogP contribution is -2.28. The Morgan fingerprint density at radius 3 is 3.23 bits per heavy atom. The normalized spacial score (nSPS) is 21.1. The van der Waals surface area contributed by atoms with Crippen molar-refractivity contribution in [1.82, 2.24) is 10.3 Å². The number of hydrogen-bond acceptors (Lipinski definition) is 4. The van der Waals surface area contributed by atoms with Crippen LogP contribution in [-0.4, -0.2) is 24.2 Å². The van der Waals surface area contributed by atoms with Crippen LogP contribution in [0.1, 0.15) is 12.8 Å². The minimum atomic E-state index is 0. The average molecular weight is 221 g/mol. The Bertz CT molecular complexity index is 224. The van der Waals surface area contributed by atoms with Crippen LogP contribution in [0.25, 0.3) is 0 Å². The van der Waals surface area contributed by atoms with E-state index in [2.05, 4.69) is 10.3 Å². The molecule has 1 atom stereocenters. The predicted octanol–water partition coefficient (Wildman–Crippen LogP) is 1.70. The summed E-state index contributed by atoms with van der Waals surface area (Å²) in [7, 11) is 0. The van der Waals surface area contributed by atoms with Crippen molar-refractivity contribution in [2.45, 2.75) is 18.9 Å². The molecule has 1 aromatic rings. The maximum absolute atomic E-state index is 5.47. The predicted molar refractivity (Wildman–Crippen MR) is 55.9 cm³/mol. The van der Waals surface area contributed by atoms with E-state index < -0.39 is 0 Å². The molecule has 0 aliphatic carbocycles. The van der Waals surface area contributed by atoms with Crippen molar-refractivity contribution in [3.05, 3.63) is 11.6 Å². The van der Waals surface area contributed by atoms with Gasteiger partial charge in [0, 0.05) is 17.6 Å². The van der Waals surface area contributed by atoms with Crippen molar-refractivity contribution in [1.29, 1.82) is 0 Å². The smallest absolute Gasteiger partial charge is 0.273 e. The van der Waals surface area contributed by atoms with Gasteiger partial charge in [0.1, 0.15) is 6.61 Å². The van der Waals surface area contributed by atoms with Gasteiger partial charge < -0.3 is 10.1 Å². The lowest BCUT2D eigenvalue weighted by atomic mass is 10.2. The highest BCUT2D eigenvalue weighted by molar-refractivity contribution is 7.11. The van der Waals surface area contributed by atoms with Crippen LogP contribution in [-0.2, 0) is 0 Å². The molecule has 74 valence electrons. The summed E-state index contributed by atoms with van der Waals surface area (Å²) in [5.41, 5.74) is 0. The van der Waals surface area contributed by atoms with Crippen LogP contribution >= 0.6 is 23.7 Å². The first-order valence-corrected chi connectivity index (χ1v) is 5.09. The average Bonchev–Trinajstić information content (AvgIpc) is 2.74. The first-order chi connectivity index (χ1) is 5.95. The van der Waals surface area contributed by atoms with E-state index in [1.165, 1.54) is 12.8 Å². The molecule has 1 aliphatic heterocycles. The molecule has 1 saturated heterocycles. The molecule has 1 aliphatic rings. The van der Waals surface area contributed by atoms with E-state index in [0.717, 1.165) is 18.3 Å². The van der Waals surface area contributed by atoms with Gasteiger partial charge in [0.25, 0.3) is 5.19 Å². The van der Waals surface area contributed by atoms with Crippen molar-refractivity contribution < 1.29 is 4.74 Å². The molecular weight excluding hydrogens is 208 g/mol. The fourth-order valence-corrected chi connectivity index (χ4v) is 1.85. The monoisotopic (exact) mass is 220 g/mol. The van der Waals surface area contributed by atoms with Crippen molar-refractivity contribution in [2.75, 3.05) is 13.2 Å². The molecule has 1 N–H and O–H groups in total. The van der Waals surface area contributed by atoms with Crippen molar-refractivity contribution in [2.24, 2.45) is 0 Å². The molecule has 2 heterocycles. The first-order valence-electron chi connectivity index (χ1n) is 4.21. The number of nitrogens with one attached hydrogen (secondary N) is 1. The van der Waals surface area contributed by atoms with Crippen LogP contribution in [0.2, 0.25) is 0 Å². The van der Waals surface area contributed by atoms with E-state index in [-0.39, 0.29) is 12.4 Å². The van der Waals surface area contributed by atoms with Gasteiger partial charge in [0.15, 0.2) is 0 Å². The Morgan fingerprint density at radius 2 is 2.62 bits per heavy atom. The van der Waals surface area contributed by atoms with E-state index in [1.807, 2.05) is 5.38 Å². The zero-order chi connectivity index (χ0) is 8.23. The summed E-state index contributed by atoms with van der Waals surface area (Å²) in [6.07, 6.45) is 4.26. The molecule has 1 unspecified atom stereocenters. The number of ether oxygens (including phenoxy) is 1. The maximum atomic E-state index is 5.47. The van der Waals surface area contributed by atoms with Crippen LogP contribution in [0.15, 0.2) is 11.6 Å². The molecule has 0 aromatic carbocycles. The second-order valence-corrected chi connectivity index (χ2v) is 3.76. The van der Waals surface area contributed by atoms with Crippen molar-refractivity contribution >= 4 is 23.7 Å². The van der Waals surface area contributed by atoms with Crippen LogP contribution in [0, 0.1) is 0 Å². The standard InChI is InChI=1S/C8H12N2OS.ClH/c1-2-7(9-3-1)6-11-8-10-4-5-12-8;/h4-5,7,9H,1-3,6H2;1H. The van der Waals surface area contributed by atoms with Gasteiger partial charge in [0.2, 0.25) is 0 Å². The van der Waals surface area contributed by atoms with Crippen LogP contribution in [0.3, 0.4) is 0 Å². The molecule has 1 aromatic heterocycles. The number of halogens is 1. The number of thiazole rings is 1. The van der Waals surface area contributed by atoms with Crippen molar-refractivity contribution in [3.63, 3.8) is 0 Å². The lowest BCUT2D eigenvalue weighted by Gasteiger charge is -2.08. The molecule has 0 bridgehead atoms. The van der Waals surface area contributed by atoms with Gasteiger partial charge >= 0.3 is 0 Å². The Kier molecular flexibility index (Phi) is 4.48. The minimum Gasteiger partial charge on any atom is -0.468 e. The van der Waals surface area contributed by atoms with Gasteiger partial charge in [-0.05, 0) is 19.4 Å². The maximum Gasteiger partial charge on any atom is 0.273 e. The number of aromatic nitrogens is 1. The molecule has 0 spiro atoms. The summed E-state index contributed by atoms with van der Waals surface area (Å²) in [6, 6.07) is 0.536. The molecule has 0 radical (unpaired) electrons. The quantitative estimate of drug-likeness (QED) is 0.842. The summed E-state index contributed by atoms with van der Waals surface area (Å²) in [5.74, 6) is 0. The highest BCUT2D eigenvalue weighted by Gasteiger charge is 2.14. The molecule has 3 nitrogen and oxygen atoms in total. The summed E-state index contributed by atoms with van der Waals surface area (Å²) < 4.78 is 5.47. The van der Waals surface area contributed by atoms with Gasteiger partial charge in [-0.15, -0.1) is 12.4 Å². The summed E-state index contributed by atoms with van der Waals surface area (Å²) in [4.78, 5) is 4.05. The molecule has 13 heavy (non-hydrogen) atoms. The Balaban J connectivity index is 0.000000845. The van der Waals surface area contributed by atoms with Crippen LogP contribution < -0.4 is 10.1 Å². The zero-order valence-corrected chi connectivity index (χ0v) is 8.87. The van der Waals surface area contributed by atoms with E-state index in [9.17, 15) is 0 Å². The highest BCUT2D eigenvalue weighted by atomic mass is 35.5. The van der Waals surface area contributed by atoms with E-state index in [1.54, 1.807) is 17.5 Å². The Hall–Kier alpha value is -0.320.